The maximum atomic E-state index is 10.3. The SMILES string of the molecule is CC(C)n1ccc(CN2CCCC(O)c3ccccc32)n1. The van der Waals surface area contributed by atoms with Crippen LogP contribution in [0.4, 0.5) is 5.69 Å². The van der Waals surface area contributed by atoms with Crippen molar-refractivity contribution in [2.24, 2.45) is 0 Å². The quantitative estimate of drug-likeness (QED) is 0.940. The Morgan fingerprint density at radius 3 is 2.86 bits per heavy atom. The number of para-hydroxylation sites is 1. The minimum atomic E-state index is -0.348. The molecule has 21 heavy (non-hydrogen) atoms. The smallest absolute Gasteiger partial charge is 0.0817 e. The van der Waals surface area contributed by atoms with Crippen LogP contribution >= 0.6 is 0 Å². The Bertz CT molecular complexity index is 606. The summed E-state index contributed by atoms with van der Waals surface area (Å²) in [5.74, 6) is 0. The van der Waals surface area contributed by atoms with Crippen molar-refractivity contribution < 1.29 is 5.11 Å². The summed E-state index contributed by atoms with van der Waals surface area (Å²) in [5.41, 5.74) is 3.26. The van der Waals surface area contributed by atoms with Crippen LogP contribution < -0.4 is 4.90 Å². The van der Waals surface area contributed by atoms with E-state index >= 15 is 0 Å². The number of rotatable bonds is 3. The number of nitrogens with zero attached hydrogens (tertiary/aromatic N) is 3. The van der Waals surface area contributed by atoms with Crippen molar-refractivity contribution in [3.05, 3.63) is 47.8 Å². The molecule has 1 aliphatic heterocycles. The van der Waals surface area contributed by atoms with Crippen molar-refractivity contribution in [3.8, 4) is 0 Å². The molecular formula is C17H23N3O. The van der Waals surface area contributed by atoms with E-state index in [9.17, 15) is 5.11 Å². The highest BCUT2D eigenvalue weighted by Crippen LogP contribution is 2.33. The third kappa shape index (κ3) is 2.95. The molecule has 4 nitrogen and oxygen atoms in total. The highest BCUT2D eigenvalue weighted by Gasteiger charge is 2.21. The minimum Gasteiger partial charge on any atom is -0.388 e. The number of hydrogen-bond acceptors (Lipinski definition) is 3. The summed E-state index contributed by atoms with van der Waals surface area (Å²) in [6.45, 7) is 6.02. The number of anilines is 1. The van der Waals surface area contributed by atoms with E-state index in [0.717, 1.165) is 42.9 Å². The first-order valence-electron chi connectivity index (χ1n) is 7.71. The molecule has 0 spiro atoms. The molecular weight excluding hydrogens is 262 g/mol. The van der Waals surface area contributed by atoms with Crippen LogP contribution in [0.1, 0.15) is 50.1 Å². The summed E-state index contributed by atoms with van der Waals surface area (Å²) >= 11 is 0. The molecule has 1 aromatic carbocycles. The maximum absolute atomic E-state index is 10.3. The molecule has 1 aromatic heterocycles. The van der Waals surface area contributed by atoms with Crippen LogP contribution in [0.5, 0.6) is 0 Å². The van der Waals surface area contributed by atoms with Gasteiger partial charge in [-0.15, -0.1) is 0 Å². The first-order valence-corrected chi connectivity index (χ1v) is 7.71. The fraction of sp³-hybridized carbons (Fsp3) is 0.471. The van der Waals surface area contributed by atoms with E-state index in [-0.39, 0.29) is 6.10 Å². The van der Waals surface area contributed by atoms with Gasteiger partial charge < -0.3 is 10.0 Å². The summed E-state index contributed by atoms with van der Waals surface area (Å²) in [5, 5.41) is 14.9. The molecule has 0 saturated carbocycles. The monoisotopic (exact) mass is 285 g/mol. The Labute approximate surface area is 126 Å². The van der Waals surface area contributed by atoms with Crippen molar-refractivity contribution in [3.63, 3.8) is 0 Å². The van der Waals surface area contributed by atoms with E-state index in [4.69, 9.17) is 0 Å². The van der Waals surface area contributed by atoms with Gasteiger partial charge in [-0.25, -0.2) is 0 Å². The number of hydrogen-bond donors (Lipinski definition) is 1. The zero-order valence-electron chi connectivity index (χ0n) is 12.7. The molecule has 3 rings (SSSR count). The third-order valence-electron chi connectivity index (χ3n) is 4.09. The lowest BCUT2D eigenvalue weighted by Gasteiger charge is -2.24. The van der Waals surface area contributed by atoms with Gasteiger partial charge >= 0.3 is 0 Å². The highest BCUT2D eigenvalue weighted by atomic mass is 16.3. The van der Waals surface area contributed by atoms with E-state index in [1.54, 1.807) is 0 Å². The van der Waals surface area contributed by atoms with Gasteiger partial charge in [0.25, 0.3) is 0 Å². The zero-order chi connectivity index (χ0) is 14.8. The molecule has 0 saturated heterocycles. The van der Waals surface area contributed by atoms with Crippen molar-refractivity contribution in [2.45, 2.75) is 45.4 Å². The van der Waals surface area contributed by atoms with Crippen molar-refractivity contribution in [1.82, 2.24) is 9.78 Å². The fourth-order valence-electron chi connectivity index (χ4n) is 2.92. The average molecular weight is 285 g/mol. The van der Waals surface area contributed by atoms with E-state index < -0.39 is 0 Å². The molecule has 0 aliphatic carbocycles. The predicted octanol–water partition coefficient (Wildman–Crippen LogP) is 3.30. The Hall–Kier alpha value is -1.81. The minimum absolute atomic E-state index is 0.348. The van der Waals surface area contributed by atoms with Gasteiger partial charge in [0, 0.05) is 30.0 Å². The van der Waals surface area contributed by atoms with Gasteiger partial charge in [-0.2, -0.15) is 5.10 Å². The second-order valence-electron chi connectivity index (χ2n) is 6.02. The molecule has 1 atom stereocenters. The lowest BCUT2D eigenvalue weighted by atomic mass is 10.0. The maximum Gasteiger partial charge on any atom is 0.0817 e. The van der Waals surface area contributed by atoms with Gasteiger partial charge in [-0.05, 0) is 38.8 Å². The lowest BCUT2D eigenvalue weighted by molar-refractivity contribution is 0.168. The van der Waals surface area contributed by atoms with Crippen molar-refractivity contribution in [1.29, 1.82) is 0 Å². The largest absolute Gasteiger partial charge is 0.388 e. The molecule has 0 amide bonds. The first-order chi connectivity index (χ1) is 10.1. The van der Waals surface area contributed by atoms with Crippen LogP contribution in [0.2, 0.25) is 0 Å². The van der Waals surface area contributed by atoms with Crippen LogP contribution in [0.25, 0.3) is 0 Å². The van der Waals surface area contributed by atoms with Gasteiger partial charge in [0.15, 0.2) is 0 Å². The zero-order valence-corrected chi connectivity index (χ0v) is 12.7. The second-order valence-corrected chi connectivity index (χ2v) is 6.02. The molecule has 4 heteroatoms. The molecule has 0 fully saturated rings. The third-order valence-corrected chi connectivity index (χ3v) is 4.09. The summed E-state index contributed by atoms with van der Waals surface area (Å²) < 4.78 is 1.99. The van der Waals surface area contributed by atoms with Crippen LogP contribution in [-0.4, -0.2) is 21.4 Å². The first kappa shape index (κ1) is 14.1. The van der Waals surface area contributed by atoms with Crippen molar-refractivity contribution >= 4 is 5.69 Å². The average Bonchev–Trinajstić information content (AvgIpc) is 2.89. The van der Waals surface area contributed by atoms with Crippen LogP contribution in [-0.2, 0) is 6.54 Å². The van der Waals surface area contributed by atoms with E-state index in [0.29, 0.717) is 6.04 Å². The van der Waals surface area contributed by atoms with E-state index in [1.165, 1.54) is 0 Å². The molecule has 1 N–H and O–H groups in total. The highest BCUT2D eigenvalue weighted by molar-refractivity contribution is 5.55. The number of fused-ring (bicyclic) bond motifs is 1. The number of benzene rings is 1. The van der Waals surface area contributed by atoms with E-state index in [2.05, 4.69) is 36.0 Å². The normalized spacial score (nSPS) is 18.7. The Balaban J connectivity index is 1.85. The topological polar surface area (TPSA) is 41.3 Å². The Kier molecular flexibility index (Phi) is 3.97. The summed E-state index contributed by atoms with van der Waals surface area (Å²) in [6.07, 6.45) is 3.52. The lowest BCUT2D eigenvalue weighted by Crippen LogP contribution is -2.24. The van der Waals surface area contributed by atoms with Gasteiger partial charge in [0.1, 0.15) is 0 Å². The number of aliphatic hydroxyl groups excluding tert-OH is 1. The van der Waals surface area contributed by atoms with Crippen molar-refractivity contribution in [2.75, 3.05) is 11.4 Å². The molecule has 0 radical (unpaired) electrons. The molecule has 2 heterocycles. The number of aromatic nitrogens is 2. The molecule has 1 aliphatic rings. The van der Waals surface area contributed by atoms with Gasteiger partial charge in [0.05, 0.1) is 18.3 Å². The summed E-state index contributed by atoms with van der Waals surface area (Å²) in [4.78, 5) is 2.33. The van der Waals surface area contributed by atoms with Crippen LogP contribution in [0.15, 0.2) is 36.5 Å². The number of aliphatic hydroxyl groups is 1. The Morgan fingerprint density at radius 2 is 2.10 bits per heavy atom. The predicted molar refractivity (Wildman–Crippen MR) is 84.3 cm³/mol. The molecule has 1 unspecified atom stereocenters. The van der Waals surface area contributed by atoms with Gasteiger partial charge in [-0.3, -0.25) is 4.68 Å². The standard InChI is InChI=1S/C17H23N3O/c1-13(2)20-11-9-14(18-20)12-19-10-5-8-17(21)15-6-3-4-7-16(15)19/h3-4,6-7,9,11,13,17,21H,5,8,10,12H2,1-2H3. The fourth-order valence-corrected chi connectivity index (χ4v) is 2.92. The Morgan fingerprint density at radius 1 is 1.29 bits per heavy atom. The van der Waals surface area contributed by atoms with Gasteiger partial charge in [0.2, 0.25) is 0 Å². The molecule has 0 bridgehead atoms. The van der Waals surface area contributed by atoms with Crippen LogP contribution in [0.3, 0.4) is 0 Å². The van der Waals surface area contributed by atoms with E-state index in [1.807, 2.05) is 29.1 Å². The summed E-state index contributed by atoms with van der Waals surface area (Å²) in [7, 11) is 0. The summed E-state index contributed by atoms with van der Waals surface area (Å²) in [6, 6.07) is 10.6. The molecule has 112 valence electrons. The second kappa shape index (κ2) is 5.90. The van der Waals surface area contributed by atoms with Gasteiger partial charge in [-0.1, -0.05) is 18.2 Å². The van der Waals surface area contributed by atoms with Crippen LogP contribution in [0, 0.1) is 0 Å². The molecule has 2 aromatic rings.